The van der Waals surface area contributed by atoms with Crippen LogP contribution < -0.4 is 24.8 Å². The van der Waals surface area contributed by atoms with Gasteiger partial charge in [0.25, 0.3) is 11.8 Å². The van der Waals surface area contributed by atoms with Crippen LogP contribution in [0, 0.1) is 0 Å². The molecule has 0 spiro atoms. The zero-order chi connectivity index (χ0) is 20.8. The van der Waals surface area contributed by atoms with Gasteiger partial charge < -0.3 is 29.3 Å². The first-order valence-corrected chi connectivity index (χ1v) is 8.62. The lowest BCUT2D eigenvalue weighted by Crippen LogP contribution is -2.14. The number of hydrogen-bond acceptors (Lipinski definition) is 6. The van der Waals surface area contributed by atoms with Crippen LogP contribution in [0.5, 0.6) is 17.2 Å². The zero-order valence-corrected chi connectivity index (χ0v) is 16.1. The van der Waals surface area contributed by atoms with Gasteiger partial charge in [-0.2, -0.15) is 0 Å². The van der Waals surface area contributed by atoms with Gasteiger partial charge in [-0.3, -0.25) is 9.59 Å². The summed E-state index contributed by atoms with van der Waals surface area (Å²) in [4.78, 5) is 24.7. The van der Waals surface area contributed by atoms with Crippen LogP contribution in [0.2, 0.25) is 0 Å². The largest absolute Gasteiger partial charge is 0.494 e. The summed E-state index contributed by atoms with van der Waals surface area (Å²) in [5.74, 6) is 0.805. The predicted molar refractivity (Wildman–Crippen MR) is 107 cm³/mol. The van der Waals surface area contributed by atoms with Crippen molar-refractivity contribution in [3.8, 4) is 17.2 Å². The Labute approximate surface area is 167 Å². The first-order chi connectivity index (χ1) is 14.0. The van der Waals surface area contributed by atoms with E-state index in [0.717, 1.165) is 0 Å². The van der Waals surface area contributed by atoms with E-state index >= 15 is 0 Å². The molecule has 0 atom stereocenters. The fraction of sp³-hybridized carbons (Fsp3) is 0.143. The molecule has 0 unspecified atom stereocenters. The fourth-order valence-electron chi connectivity index (χ4n) is 2.64. The molecule has 1 aromatic heterocycles. The van der Waals surface area contributed by atoms with E-state index in [2.05, 4.69) is 10.6 Å². The highest BCUT2D eigenvalue weighted by molar-refractivity contribution is 6.06. The molecular weight excluding hydrogens is 376 g/mol. The fourth-order valence-corrected chi connectivity index (χ4v) is 2.64. The molecule has 8 heteroatoms. The standard InChI is InChI=1S/C21H20N2O6/c1-26-16-9-6-13(11-19(16)28-3)20(24)22-14-7-8-15(18(12-14)27-2)23-21(25)17-5-4-10-29-17/h4-12H,1-3H3,(H,22,24)(H,23,25). The molecule has 2 amide bonds. The molecule has 0 saturated carbocycles. The quantitative estimate of drug-likeness (QED) is 0.630. The van der Waals surface area contributed by atoms with E-state index in [9.17, 15) is 9.59 Å². The van der Waals surface area contributed by atoms with Gasteiger partial charge in [-0.1, -0.05) is 0 Å². The number of methoxy groups -OCH3 is 3. The summed E-state index contributed by atoms with van der Waals surface area (Å²) in [5, 5.41) is 5.49. The van der Waals surface area contributed by atoms with Gasteiger partial charge in [-0.05, 0) is 42.5 Å². The van der Waals surface area contributed by atoms with E-state index < -0.39 is 5.91 Å². The summed E-state index contributed by atoms with van der Waals surface area (Å²) in [6, 6.07) is 12.9. The number of amides is 2. The van der Waals surface area contributed by atoms with Crippen LogP contribution in [0.15, 0.2) is 59.2 Å². The molecule has 3 rings (SSSR count). The van der Waals surface area contributed by atoms with E-state index in [1.165, 1.54) is 27.6 Å². The van der Waals surface area contributed by atoms with Crippen molar-refractivity contribution >= 4 is 23.2 Å². The van der Waals surface area contributed by atoms with Crippen LogP contribution in [0.3, 0.4) is 0 Å². The van der Waals surface area contributed by atoms with Crippen LogP contribution in [0.4, 0.5) is 11.4 Å². The Balaban J connectivity index is 1.76. The van der Waals surface area contributed by atoms with Gasteiger partial charge in [0.15, 0.2) is 17.3 Å². The van der Waals surface area contributed by atoms with Crippen molar-refractivity contribution in [2.75, 3.05) is 32.0 Å². The van der Waals surface area contributed by atoms with Crippen molar-refractivity contribution in [1.82, 2.24) is 0 Å². The highest BCUT2D eigenvalue weighted by Gasteiger charge is 2.15. The molecule has 2 N–H and O–H groups in total. The normalized spacial score (nSPS) is 10.2. The van der Waals surface area contributed by atoms with E-state index in [0.29, 0.717) is 34.2 Å². The second-order valence-corrected chi connectivity index (χ2v) is 5.87. The van der Waals surface area contributed by atoms with Crippen LogP contribution in [0.1, 0.15) is 20.9 Å². The van der Waals surface area contributed by atoms with Gasteiger partial charge in [-0.15, -0.1) is 0 Å². The van der Waals surface area contributed by atoms with Gasteiger partial charge >= 0.3 is 0 Å². The first kappa shape index (κ1) is 19.8. The summed E-state index contributed by atoms with van der Waals surface area (Å²) in [7, 11) is 4.49. The maximum atomic E-state index is 12.6. The molecule has 0 saturated heterocycles. The van der Waals surface area contributed by atoms with Crippen molar-refractivity contribution in [1.29, 1.82) is 0 Å². The Morgan fingerprint density at radius 2 is 1.55 bits per heavy atom. The minimum atomic E-state index is -0.407. The Kier molecular flexibility index (Phi) is 6.03. The lowest BCUT2D eigenvalue weighted by molar-refractivity contribution is 0.0994. The first-order valence-electron chi connectivity index (χ1n) is 8.62. The number of hydrogen-bond donors (Lipinski definition) is 2. The number of carbonyl (C=O) groups is 2. The minimum absolute atomic E-state index is 0.179. The maximum absolute atomic E-state index is 12.6. The molecule has 0 bridgehead atoms. The average Bonchev–Trinajstić information content (AvgIpc) is 3.29. The number of rotatable bonds is 7. The summed E-state index contributed by atoms with van der Waals surface area (Å²) in [6.07, 6.45) is 1.42. The average molecular weight is 396 g/mol. The molecule has 0 fully saturated rings. The van der Waals surface area contributed by atoms with Crippen molar-refractivity contribution in [2.24, 2.45) is 0 Å². The van der Waals surface area contributed by atoms with Crippen LogP contribution in [0.25, 0.3) is 0 Å². The molecule has 0 aliphatic heterocycles. The highest BCUT2D eigenvalue weighted by atomic mass is 16.5. The molecule has 0 radical (unpaired) electrons. The summed E-state index contributed by atoms with van der Waals surface area (Å²) in [5.41, 5.74) is 1.34. The van der Waals surface area contributed by atoms with Gasteiger partial charge in [0.1, 0.15) is 5.75 Å². The lowest BCUT2D eigenvalue weighted by Gasteiger charge is -2.13. The van der Waals surface area contributed by atoms with Crippen molar-refractivity contribution < 1.29 is 28.2 Å². The van der Waals surface area contributed by atoms with Gasteiger partial charge in [0.05, 0.1) is 33.3 Å². The molecule has 150 valence electrons. The number of furan rings is 1. The molecule has 29 heavy (non-hydrogen) atoms. The Morgan fingerprint density at radius 1 is 0.793 bits per heavy atom. The Bertz CT molecular complexity index is 1010. The summed E-state index contributed by atoms with van der Waals surface area (Å²) >= 11 is 0. The lowest BCUT2D eigenvalue weighted by atomic mass is 10.1. The molecule has 8 nitrogen and oxygen atoms in total. The second-order valence-electron chi connectivity index (χ2n) is 5.87. The second kappa shape index (κ2) is 8.83. The molecular formula is C21H20N2O6. The molecule has 2 aromatic carbocycles. The Hall–Kier alpha value is -3.94. The third kappa shape index (κ3) is 4.49. The SMILES string of the molecule is COc1cc(NC(=O)c2ccc(OC)c(OC)c2)ccc1NC(=O)c1ccco1. The van der Waals surface area contributed by atoms with Crippen LogP contribution in [-0.2, 0) is 0 Å². The summed E-state index contributed by atoms with van der Waals surface area (Å²) in [6.45, 7) is 0. The predicted octanol–water partition coefficient (Wildman–Crippen LogP) is 3.81. The number of carbonyl (C=O) groups excluding carboxylic acids is 2. The Morgan fingerprint density at radius 3 is 2.21 bits per heavy atom. The third-order valence-corrected chi connectivity index (χ3v) is 4.10. The minimum Gasteiger partial charge on any atom is -0.494 e. The number of ether oxygens (including phenoxy) is 3. The van der Waals surface area contributed by atoms with E-state index in [1.54, 1.807) is 48.5 Å². The van der Waals surface area contributed by atoms with Crippen LogP contribution >= 0.6 is 0 Å². The molecule has 1 heterocycles. The third-order valence-electron chi connectivity index (χ3n) is 4.10. The van der Waals surface area contributed by atoms with Gasteiger partial charge in [-0.25, -0.2) is 0 Å². The topological polar surface area (TPSA) is 99.0 Å². The number of anilines is 2. The van der Waals surface area contributed by atoms with E-state index in [1.807, 2.05) is 0 Å². The van der Waals surface area contributed by atoms with Crippen molar-refractivity contribution in [3.63, 3.8) is 0 Å². The zero-order valence-electron chi connectivity index (χ0n) is 16.1. The number of nitrogens with one attached hydrogen (secondary N) is 2. The van der Waals surface area contributed by atoms with Gasteiger partial charge in [0, 0.05) is 17.3 Å². The van der Waals surface area contributed by atoms with E-state index in [-0.39, 0.29) is 11.7 Å². The monoisotopic (exact) mass is 396 g/mol. The molecule has 0 aliphatic rings. The van der Waals surface area contributed by atoms with Crippen molar-refractivity contribution in [3.05, 3.63) is 66.1 Å². The van der Waals surface area contributed by atoms with Crippen LogP contribution in [-0.4, -0.2) is 33.1 Å². The smallest absolute Gasteiger partial charge is 0.291 e. The highest BCUT2D eigenvalue weighted by Crippen LogP contribution is 2.30. The van der Waals surface area contributed by atoms with E-state index in [4.69, 9.17) is 18.6 Å². The van der Waals surface area contributed by atoms with Gasteiger partial charge in [0.2, 0.25) is 0 Å². The molecule has 3 aromatic rings. The number of benzene rings is 2. The summed E-state index contributed by atoms with van der Waals surface area (Å²) < 4.78 is 20.8. The maximum Gasteiger partial charge on any atom is 0.291 e. The molecule has 0 aliphatic carbocycles. The van der Waals surface area contributed by atoms with Crippen molar-refractivity contribution in [2.45, 2.75) is 0 Å².